The Morgan fingerprint density at radius 3 is 2.46 bits per heavy atom. The molecular weight excluding hydrogens is 405 g/mol. The van der Waals surface area contributed by atoms with Gasteiger partial charge in [-0.2, -0.15) is 18.2 Å². The predicted octanol–water partition coefficient (Wildman–Crippen LogP) is 2.20. The number of hydrogen-bond acceptors (Lipinski definition) is 8. The van der Waals surface area contributed by atoms with Crippen LogP contribution < -0.4 is 10.6 Å². The van der Waals surface area contributed by atoms with Crippen LogP contribution in [0.3, 0.4) is 0 Å². The van der Waals surface area contributed by atoms with Gasteiger partial charge in [-0.05, 0) is 12.1 Å². The van der Waals surface area contributed by atoms with Crippen molar-refractivity contribution in [2.75, 3.05) is 31.1 Å². The van der Waals surface area contributed by atoms with Crippen LogP contribution in [0.4, 0.5) is 24.5 Å². The SMILES string of the molecule is Cl.NCc1nc(CN2CCN(c3ccc(C(F)(F)F)cc3[N+](=O)[O-])CC2)no1. The monoisotopic (exact) mass is 422 g/mol. The Morgan fingerprint density at radius 1 is 1.25 bits per heavy atom. The maximum atomic E-state index is 12.8. The summed E-state index contributed by atoms with van der Waals surface area (Å²) < 4.78 is 43.4. The molecule has 154 valence electrons. The molecule has 1 aliphatic rings. The zero-order valence-corrected chi connectivity index (χ0v) is 15.4. The molecule has 1 fully saturated rings. The van der Waals surface area contributed by atoms with Gasteiger partial charge in [0, 0.05) is 32.2 Å². The van der Waals surface area contributed by atoms with E-state index in [-0.39, 0.29) is 24.6 Å². The molecule has 1 aromatic carbocycles. The molecule has 28 heavy (non-hydrogen) atoms. The molecular formula is C15H18ClF3N6O3. The van der Waals surface area contributed by atoms with Gasteiger partial charge < -0.3 is 15.2 Å². The second-order valence-corrected chi connectivity index (χ2v) is 6.03. The van der Waals surface area contributed by atoms with Crippen molar-refractivity contribution in [3.63, 3.8) is 0 Å². The Balaban J connectivity index is 0.00000280. The molecule has 13 heteroatoms. The molecule has 0 radical (unpaired) electrons. The average Bonchev–Trinajstić information content (AvgIpc) is 3.08. The molecule has 0 atom stereocenters. The van der Waals surface area contributed by atoms with E-state index in [4.69, 9.17) is 10.3 Å². The minimum Gasteiger partial charge on any atom is -0.363 e. The van der Waals surface area contributed by atoms with Gasteiger partial charge in [0.25, 0.3) is 5.69 Å². The second-order valence-electron chi connectivity index (χ2n) is 6.03. The third-order valence-corrected chi connectivity index (χ3v) is 4.26. The summed E-state index contributed by atoms with van der Waals surface area (Å²) in [5, 5.41) is 15.1. The van der Waals surface area contributed by atoms with Crippen molar-refractivity contribution in [3.05, 3.63) is 45.6 Å². The predicted molar refractivity (Wildman–Crippen MR) is 95.0 cm³/mol. The normalized spacial score (nSPS) is 15.4. The number of piperazine rings is 1. The summed E-state index contributed by atoms with van der Waals surface area (Å²) in [6.07, 6.45) is -4.63. The number of anilines is 1. The van der Waals surface area contributed by atoms with Crippen LogP contribution in [0, 0.1) is 10.1 Å². The first-order valence-corrected chi connectivity index (χ1v) is 8.12. The van der Waals surface area contributed by atoms with Gasteiger partial charge in [0.05, 0.1) is 23.6 Å². The Labute approximate surface area is 163 Å². The molecule has 0 saturated carbocycles. The number of nitro groups is 1. The first-order valence-electron chi connectivity index (χ1n) is 8.12. The summed E-state index contributed by atoms with van der Waals surface area (Å²) in [5.41, 5.74) is 4.00. The van der Waals surface area contributed by atoms with Gasteiger partial charge in [0.2, 0.25) is 5.89 Å². The lowest BCUT2D eigenvalue weighted by Crippen LogP contribution is -2.46. The highest BCUT2D eigenvalue weighted by Crippen LogP contribution is 2.36. The molecule has 1 saturated heterocycles. The van der Waals surface area contributed by atoms with E-state index < -0.39 is 22.4 Å². The third kappa shape index (κ3) is 4.88. The number of nitro benzene ring substituents is 1. The van der Waals surface area contributed by atoms with Crippen molar-refractivity contribution >= 4 is 23.8 Å². The van der Waals surface area contributed by atoms with Crippen molar-refractivity contribution in [1.82, 2.24) is 15.0 Å². The van der Waals surface area contributed by atoms with E-state index in [2.05, 4.69) is 10.1 Å². The highest BCUT2D eigenvalue weighted by atomic mass is 35.5. The van der Waals surface area contributed by atoms with E-state index >= 15 is 0 Å². The standard InChI is InChI=1S/C15H17F3N6O3.ClH/c16-15(17,18)10-1-2-11(12(7-10)24(25)26)23-5-3-22(4-6-23)9-13-20-14(8-19)27-21-13;/h1-2,7H,3-6,8-9,19H2;1H. The molecule has 0 unspecified atom stereocenters. The van der Waals surface area contributed by atoms with E-state index in [1.165, 1.54) is 0 Å². The quantitative estimate of drug-likeness (QED) is 0.576. The van der Waals surface area contributed by atoms with Crippen molar-refractivity contribution < 1.29 is 22.6 Å². The van der Waals surface area contributed by atoms with Gasteiger partial charge in [-0.25, -0.2) is 0 Å². The third-order valence-electron chi connectivity index (χ3n) is 4.26. The Hall–Kier alpha value is -2.44. The summed E-state index contributed by atoms with van der Waals surface area (Å²) in [6.45, 7) is 2.53. The maximum Gasteiger partial charge on any atom is 0.416 e. The highest BCUT2D eigenvalue weighted by molar-refractivity contribution is 5.85. The fourth-order valence-corrected chi connectivity index (χ4v) is 2.90. The summed E-state index contributed by atoms with van der Waals surface area (Å²) in [6, 6.07) is 2.60. The second kappa shape index (κ2) is 8.71. The fourth-order valence-electron chi connectivity index (χ4n) is 2.90. The van der Waals surface area contributed by atoms with Crippen LogP contribution in [0.5, 0.6) is 0 Å². The van der Waals surface area contributed by atoms with Crippen LogP contribution >= 0.6 is 12.4 Å². The minimum atomic E-state index is -4.63. The fraction of sp³-hybridized carbons (Fsp3) is 0.467. The summed E-state index contributed by atoms with van der Waals surface area (Å²) in [7, 11) is 0. The van der Waals surface area contributed by atoms with Crippen LogP contribution in [0.25, 0.3) is 0 Å². The molecule has 1 aromatic heterocycles. The number of nitrogens with two attached hydrogens (primary N) is 1. The van der Waals surface area contributed by atoms with Crippen LogP contribution in [0.2, 0.25) is 0 Å². The Kier molecular flexibility index (Phi) is 6.80. The molecule has 0 amide bonds. The van der Waals surface area contributed by atoms with E-state index in [0.717, 1.165) is 12.1 Å². The number of halogens is 4. The summed E-state index contributed by atoms with van der Waals surface area (Å²) in [4.78, 5) is 18.3. The molecule has 0 aliphatic carbocycles. The molecule has 9 nitrogen and oxygen atoms in total. The summed E-state index contributed by atoms with van der Waals surface area (Å²) >= 11 is 0. The van der Waals surface area contributed by atoms with Gasteiger partial charge in [-0.15, -0.1) is 12.4 Å². The zero-order chi connectivity index (χ0) is 19.6. The number of alkyl halides is 3. The van der Waals surface area contributed by atoms with Crippen LogP contribution in [-0.4, -0.2) is 46.1 Å². The number of nitrogens with zero attached hydrogens (tertiary/aromatic N) is 5. The van der Waals surface area contributed by atoms with Crippen molar-refractivity contribution in [1.29, 1.82) is 0 Å². The average molecular weight is 423 g/mol. The van der Waals surface area contributed by atoms with Crippen LogP contribution in [0.1, 0.15) is 17.3 Å². The van der Waals surface area contributed by atoms with E-state index in [9.17, 15) is 23.3 Å². The van der Waals surface area contributed by atoms with E-state index in [1.54, 1.807) is 4.90 Å². The van der Waals surface area contributed by atoms with Crippen molar-refractivity contribution in [2.45, 2.75) is 19.3 Å². The summed E-state index contributed by atoms with van der Waals surface area (Å²) in [5.74, 6) is 0.827. The van der Waals surface area contributed by atoms with Crippen molar-refractivity contribution in [3.8, 4) is 0 Å². The number of hydrogen-bond donors (Lipinski definition) is 1. The number of benzene rings is 1. The van der Waals surface area contributed by atoms with Crippen LogP contribution in [-0.2, 0) is 19.3 Å². The first kappa shape index (κ1) is 21.9. The van der Waals surface area contributed by atoms with Gasteiger partial charge in [0.1, 0.15) is 5.69 Å². The number of aromatic nitrogens is 2. The number of rotatable bonds is 5. The van der Waals surface area contributed by atoms with Crippen molar-refractivity contribution in [2.24, 2.45) is 5.73 Å². The zero-order valence-electron chi connectivity index (χ0n) is 14.6. The van der Waals surface area contributed by atoms with Gasteiger partial charge in [-0.3, -0.25) is 15.0 Å². The Morgan fingerprint density at radius 2 is 1.93 bits per heavy atom. The lowest BCUT2D eigenvalue weighted by atomic mass is 10.1. The van der Waals surface area contributed by atoms with Crippen LogP contribution in [0.15, 0.2) is 22.7 Å². The molecule has 2 heterocycles. The van der Waals surface area contributed by atoms with E-state index in [0.29, 0.717) is 50.5 Å². The highest BCUT2D eigenvalue weighted by Gasteiger charge is 2.34. The lowest BCUT2D eigenvalue weighted by Gasteiger charge is -2.35. The molecule has 2 N–H and O–H groups in total. The van der Waals surface area contributed by atoms with E-state index in [1.807, 2.05) is 4.90 Å². The molecule has 1 aliphatic heterocycles. The molecule has 2 aromatic rings. The topological polar surface area (TPSA) is 115 Å². The maximum absolute atomic E-state index is 12.8. The molecule has 0 spiro atoms. The smallest absolute Gasteiger partial charge is 0.363 e. The lowest BCUT2D eigenvalue weighted by molar-refractivity contribution is -0.384. The minimum absolute atomic E-state index is 0. The van der Waals surface area contributed by atoms with Gasteiger partial charge >= 0.3 is 6.18 Å². The molecule has 3 rings (SSSR count). The Bertz CT molecular complexity index is 824. The molecule has 0 bridgehead atoms. The van der Waals surface area contributed by atoms with Gasteiger partial charge in [0.15, 0.2) is 5.82 Å². The van der Waals surface area contributed by atoms with Gasteiger partial charge in [-0.1, -0.05) is 5.16 Å². The first-order chi connectivity index (χ1) is 12.8. The largest absolute Gasteiger partial charge is 0.416 e.